The molecule has 0 saturated heterocycles. The van der Waals surface area contributed by atoms with E-state index in [1.807, 2.05) is 71.4 Å². The van der Waals surface area contributed by atoms with Crippen LogP contribution in [0, 0.1) is 0 Å². The van der Waals surface area contributed by atoms with Gasteiger partial charge in [-0.3, -0.25) is 9.48 Å². The number of hydrogen-bond acceptors (Lipinski definition) is 3. The van der Waals surface area contributed by atoms with Crippen LogP contribution < -0.4 is 5.43 Å². The van der Waals surface area contributed by atoms with Gasteiger partial charge in [-0.1, -0.05) is 42.5 Å². The van der Waals surface area contributed by atoms with Crippen molar-refractivity contribution in [3.8, 4) is 16.9 Å². The Bertz CT molecular complexity index is 1110. The van der Waals surface area contributed by atoms with E-state index >= 15 is 0 Å². The maximum absolute atomic E-state index is 12.3. The molecule has 0 saturated carbocycles. The van der Waals surface area contributed by atoms with Gasteiger partial charge in [-0.2, -0.15) is 0 Å². The Morgan fingerprint density at radius 3 is 2.27 bits per heavy atom. The standard InChI is InChI=1S/C20H14N4OS/c25-19-13-7-12-18-17(19)14-23(16-10-5-2-6-11-16)24(18)20(26)22-21-15-8-3-1-4-9-15/h1-14H. The summed E-state index contributed by atoms with van der Waals surface area (Å²) < 4.78 is 3.53. The molecule has 26 heavy (non-hydrogen) atoms. The summed E-state index contributed by atoms with van der Waals surface area (Å²) in [6.45, 7) is 0. The molecule has 1 aliphatic carbocycles. The number of thiocarbonyl (C=S) groups is 1. The molecule has 0 atom stereocenters. The number of rotatable bonds is 2. The summed E-state index contributed by atoms with van der Waals surface area (Å²) in [6, 6.07) is 24.2. The first-order valence-electron chi connectivity index (χ1n) is 8.04. The minimum absolute atomic E-state index is 0.0614. The second-order valence-corrected chi connectivity index (χ2v) is 5.99. The molecule has 2 aromatic carbocycles. The Kier molecular flexibility index (Phi) is 4.25. The molecule has 0 N–H and O–H groups in total. The lowest BCUT2D eigenvalue weighted by Crippen LogP contribution is -2.17. The number of para-hydroxylation sites is 1. The third kappa shape index (κ3) is 2.98. The van der Waals surface area contributed by atoms with E-state index in [-0.39, 0.29) is 10.5 Å². The van der Waals surface area contributed by atoms with E-state index in [4.69, 9.17) is 12.2 Å². The molecule has 2 aromatic rings. The van der Waals surface area contributed by atoms with Gasteiger partial charge in [0.2, 0.25) is 5.11 Å². The average molecular weight is 358 g/mol. The molecular formula is C20H14N4OS. The van der Waals surface area contributed by atoms with Crippen molar-refractivity contribution in [2.45, 2.75) is 0 Å². The van der Waals surface area contributed by atoms with Crippen molar-refractivity contribution in [3.05, 3.63) is 95.3 Å². The van der Waals surface area contributed by atoms with Gasteiger partial charge in [0.1, 0.15) is 0 Å². The smallest absolute Gasteiger partial charge is 0.240 e. The third-order valence-corrected chi connectivity index (χ3v) is 4.20. The van der Waals surface area contributed by atoms with Crippen LogP contribution in [0.2, 0.25) is 0 Å². The maximum atomic E-state index is 12.3. The lowest BCUT2D eigenvalue weighted by atomic mass is 10.2. The zero-order chi connectivity index (χ0) is 17.9. The van der Waals surface area contributed by atoms with E-state index in [9.17, 15) is 4.79 Å². The second-order valence-electron chi connectivity index (χ2n) is 5.63. The average Bonchev–Trinajstić information content (AvgIpc) is 3.09. The highest BCUT2D eigenvalue weighted by Crippen LogP contribution is 2.23. The highest BCUT2D eigenvalue weighted by Gasteiger charge is 2.19. The topological polar surface area (TPSA) is 51.6 Å². The van der Waals surface area contributed by atoms with Gasteiger partial charge in [-0.05, 0) is 48.6 Å². The third-order valence-electron chi connectivity index (χ3n) is 3.95. The van der Waals surface area contributed by atoms with Crippen LogP contribution in [0.1, 0.15) is 0 Å². The highest BCUT2D eigenvalue weighted by atomic mass is 32.1. The van der Waals surface area contributed by atoms with Crippen molar-refractivity contribution < 1.29 is 0 Å². The maximum Gasteiger partial charge on any atom is 0.240 e. The van der Waals surface area contributed by atoms with Crippen molar-refractivity contribution in [2.24, 2.45) is 10.2 Å². The van der Waals surface area contributed by atoms with Crippen molar-refractivity contribution in [1.29, 1.82) is 0 Å². The molecule has 1 heterocycles. The quantitative estimate of drug-likeness (QED) is 0.386. The summed E-state index contributed by atoms with van der Waals surface area (Å²) >= 11 is 5.51. The van der Waals surface area contributed by atoms with Gasteiger partial charge in [0.05, 0.1) is 22.6 Å². The molecule has 0 spiro atoms. The summed E-state index contributed by atoms with van der Waals surface area (Å²) in [6.07, 6.45) is 1.78. The molecule has 5 nitrogen and oxygen atoms in total. The number of benzene rings is 3. The van der Waals surface area contributed by atoms with Crippen LogP contribution in [0.3, 0.4) is 0 Å². The van der Waals surface area contributed by atoms with E-state index < -0.39 is 0 Å². The molecule has 4 rings (SSSR count). The minimum atomic E-state index is -0.0614. The molecular weight excluding hydrogens is 344 g/mol. The summed E-state index contributed by atoms with van der Waals surface area (Å²) in [4.78, 5) is 12.3. The van der Waals surface area contributed by atoms with Gasteiger partial charge >= 0.3 is 0 Å². The van der Waals surface area contributed by atoms with Crippen LogP contribution >= 0.6 is 12.2 Å². The van der Waals surface area contributed by atoms with E-state index in [2.05, 4.69) is 10.2 Å². The fourth-order valence-corrected chi connectivity index (χ4v) is 2.97. The number of aromatic nitrogens is 2. The first-order chi connectivity index (χ1) is 12.7. The first-order valence-corrected chi connectivity index (χ1v) is 8.45. The van der Waals surface area contributed by atoms with Gasteiger partial charge in [-0.15, -0.1) is 10.2 Å². The van der Waals surface area contributed by atoms with E-state index in [0.717, 1.165) is 5.69 Å². The van der Waals surface area contributed by atoms with Gasteiger partial charge in [-0.25, -0.2) is 4.68 Å². The SMILES string of the molecule is O=c1cccc2n(C(=S)N=Nc3ccccc3)n(-c3ccccc3)cc1-2. The van der Waals surface area contributed by atoms with Crippen molar-refractivity contribution in [1.82, 2.24) is 9.36 Å². The first kappa shape index (κ1) is 16.1. The van der Waals surface area contributed by atoms with Crippen LogP contribution in [0.4, 0.5) is 5.69 Å². The summed E-state index contributed by atoms with van der Waals surface area (Å²) in [5.74, 6) is 0. The molecule has 0 radical (unpaired) electrons. The van der Waals surface area contributed by atoms with Gasteiger partial charge in [0.15, 0.2) is 5.43 Å². The fraction of sp³-hybridized carbons (Fsp3) is 0. The normalized spacial score (nSPS) is 11.2. The molecule has 0 unspecified atom stereocenters. The van der Waals surface area contributed by atoms with Crippen molar-refractivity contribution >= 4 is 23.0 Å². The molecule has 6 heteroatoms. The minimum Gasteiger partial charge on any atom is -0.289 e. The van der Waals surface area contributed by atoms with Gasteiger partial charge in [0, 0.05) is 6.20 Å². The van der Waals surface area contributed by atoms with Crippen LogP contribution in [0.15, 0.2) is 100 Å². The van der Waals surface area contributed by atoms with Gasteiger partial charge in [0.25, 0.3) is 0 Å². The Hall–Kier alpha value is -3.38. The largest absolute Gasteiger partial charge is 0.289 e. The van der Waals surface area contributed by atoms with E-state index in [1.54, 1.807) is 16.9 Å². The number of fused-ring (bicyclic) bond motifs is 1. The zero-order valence-electron chi connectivity index (χ0n) is 13.7. The molecule has 0 bridgehead atoms. The van der Waals surface area contributed by atoms with Gasteiger partial charge < -0.3 is 0 Å². The Labute approximate surface area is 155 Å². The lowest BCUT2D eigenvalue weighted by Gasteiger charge is -2.11. The van der Waals surface area contributed by atoms with Crippen LogP contribution in [0.5, 0.6) is 0 Å². The summed E-state index contributed by atoms with van der Waals surface area (Å²) in [5, 5.41) is 8.65. The van der Waals surface area contributed by atoms with Crippen LogP contribution in [-0.4, -0.2) is 14.5 Å². The Morgan fingerprint density at radius 2 is 1.54 bits per heavy atom. The highest BCUT2D eigenvalue weighted by molar-refractivity contribution is 7.80. The molecule has 126 valence electrons. The number of nitrogens with zero attached hydrogens (tertiary/aromatic N) is 4. The number of azo groups is 1. The van der Waals surface area contributed by atoms with E-state index in [1.165, 1.54) is 6.07 Å². The summed E-state index contributed by atoms with van der Waals surface area (Å²) in [7, 11) is 0. The van der Waals surface area contributed by atoms with Crippen molar-refractivity contribution in [3.63, 3.8) is 0 Å². The van der Waals surface area contributed by atoms with Crippen LogP contribution in [-0.2, 0) is 0 Å². The summed E-state index contributed by atoms with van der Waals surface area (Å²) in [5.41, 5.74) is 2.79. The Balaban J connectivity index is 1.85. The number of hydrogen-bond donors (Lipinski definition) is 0. The molecule has 2 aliphatic rings. The molecule has 1 aliphatic heterocycles. The molecule has 0 amide bonds. The molecule has 0 fully saturated rings. The second kappa shape index (κ2) is 6.85. The van der Waals surface area contributed by atoms with Crippen molar-refractivity contribution in [2.75, 3.05) is 0 Å². The monoisotopic (exact) mass is 358 g/mol. The fourth-order valence-electron chi connectivity index (χ4n) is 2.75. The lowest BCUT2D eigenvalue weighted by molar-refractivity contribution is 0.788. The molecule has 0 aromatic heterocycles. The van der Waals surface area contributed by atoms with Crippen LogP contribution in [0.25, 0.3) is 16.9 Å². The predicted molar refractivity (Wildman–Crippen MR) is 106 cm³/mol. The van der Waals surface area contributed by atoms with E-state index in [0.29, 0.717) is 16.9 Å². The zero-order valence-corrected chi connectivity index (χ0v) is 14.5. The predicted octanol–water partition coefficient (Wildman–Crippen LogP) is 4.66. The Morgan fingerprint density at radius 1 is 0.846 bits per heavy atom.